The molecule has 1 atom stereocenters. The first-order chi connectivity index (χ1) is 20.0. The van der Waals surface area contributed by atoms with Gasteiger partial charge in [-0.15, -0.1) is 0 Å². The lowest BCUT2D eigenvalue weighted by molar-refractivity contribution is -0.142. The number of fused-ring (bicyclic) bond motifs is 1. The Labute approximate surface area is 224 Å². The standard InChI is InChI=1S/C29H23F4N3O3/c1-3-38-25(37)11-16-5-4-6-18(26(16)32)15(2)24-14-35-29(36-24)20-12-17(7-8-21(20)30)39-28-22(31)13-23-19(27(28)33)9-10-34-23/h4-10,12-15,34H,3,11H2,1-2H3,(H,35,36)/t15-/m0/s1/i2D3. The minimum Gasteiger partial charge on any atom is -0.466 e. The molecular formula is C29H23F4N3O3. The number of aromatic amines is 2. The van der Waals surface area contributed by atoms with Crippen molar-refractivity contribution in [1.82, 2.24) is 15.0 Å². The van der Waals surface area contributed by atoms with Crippen LogP contribution in [0.4, 0.5) is 17.6 Å². The molecule has 5 aromatic rings. The Bertz CT molecular complexity index is 1790. The lowest BCUT2D eigenvalue weighted by Crippen LogP contribution is -2.10. The van der Waals surface area contributed by atoms with Crippen molar-refractivity contribution in [2.24, 2.45) is 0 Å². The fourth-order valence-electron chi connectivity index (χ4n) is 4.19. The summed E-state index contributed by atoms with van der Waals surface area (Å²) in [7, 11) is 0. The highest BCUT2D eigenvalue weighted by molar-refractivity contribution is 5.82. The van der Waals surface area contributed by atoms with E-state index in [2.05, 4.69) is 15.0 Å². The number of ether oxygens (including phenoxy) is 2. The number of imidazole rings is 1. The van der Waals surface area contributed by atoms with Gasteiger partial charge >= 0.3 is 5.97 Å². The van der Waals surface area contributed by atoms with Crippen molar-refractivity contribution >= 4 is 16.9 Å². The van der Waals surface area contributed by atoms with E-state index < -0.39 is 54.2 Å². The number of nitrogens with one attached hydrogen (secondary N) is 2. The Morgan fingerprint density at radius 3 is 2.72 bits per heavy atom. The Hall–Kier alpha value is -4.60. The number of esters is 1. The largest absolute Gasteiger partial charge is 0.466 e. The number of rotatable bonds is 8. The third-order valence-corrected chi connectivity index (χ3v) is 6.08. The van der Waals surface area contributed by atoms with Gasteiger partial charge < -0.3 is 19.4 Å². The Morgan fingerprint density at radius 2 is 1.92 bits per heavy atom. The molecule has 2 aromatic heterocycles. The molecule has 2 heterocycles. The van der Waals surface area contributed by atoms with E-state index in [1.807, 2.05) is 0 Å². The molecule has 5 rings (SSSR count). The molecule has 0 aliphatic carbocycles. The maximum atomic E-state index is 15.5. The summed E-state index contributed by atoms with van der Waals surface area (Å²) in [5.74, 6) is -6.81. The number of aromatic nitrogens is 3. The van der Waals surface area contributed by atoms with Gasteiger partial charge in [0, 0.05) is 39.6 Å². The van der Waals surface area contributed by atoms with Crippen LogP contribution in [0.15, 0.2) is 60.9 Å². The zero-order chi connectivity index (χ0) is 30.2. The second-order valence-electron chi connectivity index (χ2n) is 8.61. The molecule has 0 saturated heterocycles. The van der Waals surface area contributed by atoms with Gasteiger partial charge in [-0.3, -0.25) is 4.79 Å². The van der Waals surface area contributed by atoms with Gasteiger partial charge in [0.25, 0.3) is 0 Å². The first kappa shape index (κ1) is 22.4. The van der Waals surface area contributed by atoms with Gasteiger partial charge in [-0.2, -0.15) is 0 Å². The lowest BCUT2D eigenvalue weighted by atomic mass is 9.95. The van der Waals surface area contributed by atoms with Gasteiger partial charge in [-0.25, -0.2) is 22.5 Å². The van der Waals surface area contributed by atoms with Crippen LogP contribution in [0.25, 0.3) is 22.3 Å². The van der Waals surface area contributed by atoms with Crippen molar-refractivity contribution < 1.29 is 35.9 Å². The van der Waals surface area contributed by atoms with Crippen molar-refractivity contribution in [3.8, 4) is 22.9 Å². The van der Waals surface area contributed by atoms with Crippen LogP contribution in [0.3, 0.4) is 0 Å². The number of H-pyrrole nitrogens is 2. The monoisotopic (exact) mass is 540 g/mol. The fraction of sp³-hybridized carbons (Fsp3) is 0.172. The van der Waals surface area contributed by atoms with Crippen molar-refractivity contribution in [1.29, 1.82) is 0 Å². The van der Waals surface area contributed by atoms with E-state index in [9.17, 15) is 18.0 Å². The van der Waals surface area contributed by atoms with Crippen molar-refractivity contribution in [2.75, 3.05) is 6.61 Å². The zero-order valence-corrected chi connectivity index (χ0v) is 20.4. The summed E-state index contributed by atoms with van der Waals surface area (Å²) in [6.45, 7) is -1.07. The minimum absolute atomic E-state index is 0.0480. The molecule has 0 aliphatic heterocycles. The van der Waals surface area contributed by atoms with Crippen molar-refractivity contribution in [2.45, 2.75) is 26.1 Å². The number of carbonyl (C=O) groups excluding carboxylic acids is 1. The maximum absolute atomic E-state index is 15.5. The van der Waals surface area contributed by atoms with Crippen LogP contribution in [0, 0.1) is 23.3 Å². The number of hydrogen-bond acceptors (Lipinski definition) is 4. The highest BCUT2D eigenvalue weighted by atomic mass is 19.1. The molecule has 200 valence electrons. The third-order valence-electron chi connectivity index (χ3n) is 6.08. The molecule has 2 N–H and O–H groups in total. The van der Waals surface area contributed by atoms with Crippen LogP contribution in [-0.2, 0) is 16.0 Å². The molecule has 0 aliphatic rings. The van der Waals surface area contributed by atoms with Crippen LogP contribution in [0.5, 0.6) is 11.5 Å². The van der Waals surface area contributed by atoms with Crippen LogP contribution < -0.4 is 4.74 Å². The highest BCUT2D eigenvalue weighted by Crippen LogP contribution is 2.35. The lowest BCUT2D eigenvalue weighted by Gasteiger charge is -2.14. The van der Waals surface area contributed by atoms with Crippen molar-refractivity contribution in [3.05, 3.63) is 101 Å². The first-order valence-corrected chi connectivity index (χ1v) is 11.9. The van der Waals surface area contributed by atoms with Gasteiger partial charge in [0.1, 0.15) is 23.2 Å². The average molecular weight is 541 g/mol. The molecule has 0 fully saturated rings. The summed E-state index contributed by atoms with van der Waals surface area (Å²) in [5, 5.41) is 0.0960. The number of nitrogens with zero attached hydrogens (tertiary/aromatic N) is 1. The average Bonchev–Trinajstić information content (AvgIpc) is 3.59. The van der Waals surface area contributed by atoms with Crippen molar-refractivity contribution in [3.63, 3.8) is 0 Å². The van der Waals surface area contributed by atoms with Gasteiger partial charge in [0.05, 0.1) is 24.1 Å². The Kier molecular flexibility index (Phi) is 6.11. The van der Waals surface area contributed by atoms with E-state index in [0.29, 0.717) is 0 Å². The summed E-state index contributed by atoms with van der Waals surface area (Å²) in [6, 6.07) is 9.83. The molecule has 0 amide bonds. The summed E-state index contributed by atoms with van der Waals surface area (Å²) in [5.41, 5.74) is -0.295. The Balaban J connectivity index is 1.49. The predicted molar refractivity (Wildman–Crippen MR) is 137 cm³/mol. The second-order valence-corrected chi connectivity index (χ2v) is 8.61. The van der Waals surface area contributed by atoms with Crippen LogP contribution >= 0.6 is 0 Å². The highest BCUT2D eigenvalue weighted by Gasteiger charge is 2.21. The number of benzene rings is 3. The molecule has 6 nitrogen and oxygen atoms in total. The number of halogens is 4. The normalized spacial score (nSPS) is 13.5. The quantitative estimate of drug-likeness (QED) is 0.162. The third kappa shape index (κ3) is 5.09. The molecule has 0 spiro atoms. The number of carbonyl (C=O) groups is 1. The van der Waals surface area contributed by atoms with Gasteiger partial charge in [0.2, 0.25) is 0 Å². The minimum atomic E-state index is -2.78. The van der Waals surface area contributed by atoms with E-state index in [1.165, 1.54) is 36.5 Å². The van der Waals surface area contributed by atoms with Gasteiger partial charge in [-0.1, -0.05) is 25.1 Å². The molecule has 39 heavy (non-hydrogen) atoms. The fourth-order valence-corrected chi connectivity index (χ4v) is 4.19. The van der Waals surface area contributed by atoms with E-state index in [1.54, 1.807) is 6.92 Å². The first-order valence-electron chi connectivity index (χ1n) is 13.4. The van der Waals surface area contributed by atoms with E-state index >= 15 is 4.39 Å². The predicted octanol–water partition coefficient (Wildman–Crippen LogP) is 7.16. The smallest absolute Gasteiger partial charge is 0.310 e. The summed E-state index contributed by atoms with van der Waals surface area (Å²) < 4.78 is 94.5. The second kappa shape index (κ2) is 10.6. The van der Waals surface area contributed by atoms with Crippen LogP contribution in [0.2, 0.25) is 0 Å². The van der Waals surface area contributed by atoms with Gasteiger partial charge in [0.15, 0.2) is 17.4 Å². The maximum Gasteiger partial charge on any atom is 0.310 e. The molecule has 10 heteroatoms. The molecular weight excluding hydrogens is 514 g/mol. The molecule has 0 bridgehead atoms. The summed E-state index contributed by atoms with van der Waals surface area (Å²) >= 11 is 0. The summed E-state index contributed by atoms with van der Waals surface area (Å²) in [6.07, 6.45) is 2.18. The van der Waals surface area contributed by atoms with Crippen LogP contribution in [-0.4, -0.2) is 27.5 Å². The van der Waals surface area contributed by atoms with Crippen LogP contribution in [0.1, 0.15) is 40.6 Å². The molecule has 0 saturated carbocycles. The van der Waals surface area contributed by atoms with E-state index in [4.69, 9.17) is 13.6 Å². The molecule has 0 unspecified atom stereocenters. The zero-order valence-electron chi connectivity index (χ0n) is 23.4. The SMILES string of the molecule is [2H]C([2H])([2H])[C@H](c1cnc(-c2cc(Oc3c(F)cc4[nH]ccc4c3F)ccc2F)[nH]1)c1cccc(CC(=O)OCC)c1F. The summed E-state index contributed by atoms with van der Waals surface area (Å²) in [4.78, 5) is 21.5. The topological polar surface area (TPSA) is 80.0 Å². The van der Waals surface area contributed by atoms with E-state index in [-0.39, 0.29) is 51.5 Å². The Morgan fingerprint density at radius 1 is 1.08 bits per heavy atom. The van der Waals surface area contributed by atoms with E-state index in [0.717, 1.165) is 24.4 Å². The number of hydrogen-bond donors (Lipinski definition) is 2. The van der Waals surface area contributed by atoms with Gasteiger partial charge in [-0.05, 0) is 42.3 Å². The molecule has 3 aromatic carbocycles. The molecule has 0 radical (unpaired) electrons.